The van der Waals surface area contributed by atoms with Gasteiger partial charge in [-0.05, 0) is 36.6 Å². The highest BCUT2D eigenvalue weighted by atomic mass is 32.1. The molecule has 3 nitrogen and oxygen atoms in total. The number of hydrogen-bond acceptors (Lipinski definition) is 2. The molecular formula is C16H19N3S. The van der Waals surface area contributed by atoms with Crippen LogP contribution in [0.5, 0.6) is 0 Å². The molecule has 0 spiro atoms. The van der Waals surface area contributed by atoms with Crippen LogP contribution in [0.15, 0.2) is 42.5 Å². The van der Waals surface area contributed by atoms with Crippen molar-refractivity contribution < 1.29 is 0 Å². The van der Waals surface area contributed by atoms with Crippen LogP contribution in [0.25, 0.3) is 10.8 Å². The van der Waals surface area contributed by atoms with Crippen LogP contribution in [-0.4, -0.2) is 36.2 Å². The molecule has 1 saturated heterocycles. The lowest BCUT2D eigenvalue weighted by molar-refractivity contribution is 0.532. The van der Waals surface area contributed by atoms with Crippen LogP contribution in [0.1, 0.15) is 6.42 Å². The van der Waals surface area contributed by atoms with Gasteiger partial charge in [-0.1, -0.05) is 36.4 Å². The van der Waals surface area contributed by atoms with Crippen molar-refractivity contribution in [3.05, 3.63) is 42.5 Å². The standard InChI is InChI=1S/C16H19N3S/c20-16(17-9-4-10-19-11-12-19)18-15-8-3-6-13-5-1-2-7-14(13)15/h1-3,5-8H,4,9-12H2,(H2,17,18,20). The normalized spacial score (nSPS) is 14.2. The van der Waals surface area contributed by atoms with Crippen molar-refractivity contribution in [1.82, 2.24) is 10.2 Å². The summed E-state index contributed by atoms with van der Waals surface area (Å²) < 4.78 is 0. The zero-order valence-corrected chi connectivity index (χ0v) is 12.2. The fourth-order valence-electron chi connectivity index (χ4n) is 2.30. The van der Waals surface area contributed by atoms with E-state index in [1.165, 1.54) is 30.4 Å². The third kappa shape index (κ3) is 3.46. The van der Waals surface area contributed by atoms with E-state index in [2.05, 4.69) is 45.9 Å². The molecule has 2 N–H and O–H groups in total. The Hall–Kier alpha value is -1.65. The molecular weight excluding hydrogens is 266 g/mol. The summed E-state index contributed by atoms with van der Waals surface area (Å²) in [5.74, 6) is 0. The molecule has 0 amide bonds. The van der Waals surface area contributed by atoms with Crippen molar-refractivity contribution in [2.24, 2.45) is 0 Å². The molecule has 2 aromatic carbocycles. The van der Waals surface area contributed by atoms with Crippen LogP contribution in [0, 0.1) is 0 Å². The molecule has 1 aliphatic rings. The van der Waals surface area contributed by atoms with Gasteiger partial charge in [0.15, 0.2) is 5.11 Å². The Labute approximate surface area is 125 Å². The summed E-state index contributed by atoms with van der Waals surface area (Å²) in [6.07, 6.45) is 1.14. The highest BCUT2D eigenvalue weighted by Gasteiger charge is 2.15. The second-order valence-electron chi connectivity index (χ2n) is 5.10. The van der Waals surface area contributed by atoms with E-state index in [1.54, 1.807) is 0 Å². The van der Waals surface area contributed by atoms with Gasteiger partial charge in [0.25, 0.3) is 0 Å². The molecule has 1 heterocycles. The summed E-state index contributed by atoms with van der Waals surface area (Å²) in [7, 11) is 0. The largest absolute Gasteiger partial charge is 0.362 e. The number of nitrogens with zero attached hydrogens (tertiary/aromatic N) is 1. The molecule has 0 bridgehead atoms. The van der Waals surface area contributed by atoms with Crippen LogP contribution in [0.4, 0.5) is 5.69 Å². The smallest absolute Gasteiger partial charge is 0.170 e. The molecule has 0 atom stereocenters. The predicted octanol–water partition coefficient (Wildman–Crippen LogP) is 2.83. The Morgan fingerprint density at radius 1 is 1.10 bits per heavy atom. The molecule has 104 valence electrons. The van der Waals surface area contributed by atoms with Gasteiger partial charge in [-0.15, -0.1) is 0 Å². The van der Waals surface area contributed by atoms with Gasteiger partial charge in [-0.25, -0.2) is 0 Å². The molecule has 0 unspecified atom stereocenters. The molecule has 4 heteroatoms. The quantitative estimate of drug-likeness (QED) is 0.502. The Kier molecular flexibility index (Phi) is 4.14. The van der Waals surface area contributed by atoms with E-state index in [0.717, 1.165) is 18.7 Å². The zero-order valence-electron chi connectivity index (χ0n) is 11.4. The van der Waals surface area contributed by atoms with Crippen LogP contribution in [-0.2, 0) is 0 Å². The van der Waals surface area contributed by atoms with Crippen molar-refractivity contribution >= 4 is 33.8 Å². The third-order valence-corrected chi connectivity index (χ3v) is 3.76. The Bertz CT molecular complexity index is 602. The lowest BCUT2D eigenvalue weighted by Gasteiger charge is -2.12. The van der Waals surface area contributed by atoms with Crippen LogP contribution in [0.2, 0.25) is 0 Å². The molecule has 0 saturated carbocycles. The number of anilines is 1. The number of fused-ring (bicyclic) bond motifs is 1. The first-order valence-corrected chi connectivity index (χ1v) is 7.49. The van der Waals surface area contributed by atoms with E-state index in [0.29, 0.717) is 5.11 Å². The maximum Gasteiger partial charge on any atom is 0.170 e. The number of rotatable bonds is 5. The summed E-state index contributed by atoms with van der Waals surface area (Å²) >= 11 is 5.36. The third-order valence-electron chi connectivity index (χ3n) is 3.51. The van der Waals surface area contributed by atoms with Gasteiger partial charge in [-0.3, -0.25) is 0 Å². The summed E-state index contributed by atoms with van der Waals surface area (Å²) in [6, 6.07) is 14.5. The van der Waals surface area contributed by atoms with Crippen LogP contribution >= 0.6 is 12.2 Å². The maximum atomic E-state index is 5.36. The summed E-state index contributed by atoms with van der Waals surface area (Å²) in [5, 5.41) is 9.69. The highest BCUT2D eigenvalue weighted by Crippen LogP contribution is 2.22. The second kappa shape index (κ2) is 6.20. The van der Waals surface area contributed by atoms with E-state index in [1.807, 2.05) is 12.1 Å². The first-order valence-electron chi connectivity index (χ1n) is 7.08. The molecule has 0 aromatic heterocycles. The topological polar surface area (TPSA) is 27.1 Å². The minimum absolute atomic E-state index is 0.701. The van der Waals surface area contributed by atoms with E-state index in [-0.39, 0.29) is 0 Å². The first-order chi connectivity index (χ1) is 9.83. The predicted molar refractivity (Wildman–Crippen MR) is 89.2 cm³/mol. The first kappa shape index (κ1) is 13.3. The van der Waals surface area contributed by atoms with Crippen molar-refractivity contribution in [2.75, 3.05) is 31.5 Å². The van der Waals surface area contributed by atoms with E-state index < -0.39 is 0 Å². The van der Waals surface area contributed by atoms with Crippen molar-refractivity contribution in [3.8, 4) is 0 Å². The van der Waals surface area contributed by atoms with E-state index in [4.69, 9.17) is 12.2 Å². The number of thiocarbonyl (C=S) groups is 1. The second-order valence-corrected chi connectivity index (χ2v) is 5.51. The Balaban J connectivity index is 1.56. The number of hydrogen-bond donors (Lipinski definition) is 2. The monoisotopic (exact) mass is 285 g/mol. The molecule has 0 radical (unpaired) electrons. The van der Waals surface area contributed by atoms with Gasteiger partial charge in [-0.2, -0.15) is 0 Å². The van der Waals surface area contributed by atoms with Gasteiger partial charge >= 0.3 is 0 Å². The lowest BCUT2D eigenvalue weighted by Crippen LogP contribution is -2.30. The molecule has 3 rings (SSSR count). The van der Waals surface area contributed by atoms with Crippen molar-refractivity contribution in [1.29, 1.82) is 0 Å². The maximum absolute atomic E-state index is 5.36. The fraction of sp³-hybridized carbons (Fsp3) is 0.312. The van der Waals surface area contributed by atoms with E-state index in [9.17, 15) is 0 Å². The highest BCUT2D eigenvalue weighted by molar-refractivity contribution is 7.80. The molecule has 1 fully saturated rings. The fourth-order valence-corrected chi connectivity index (χ4v) is 2.51. The Morgan fingerprint density at radius 2 is 1.90 bits per heavy atom. The van der Waals surface area contributed by atoms with Gasteiger partial charge in [0.05, 0.1) is 0 Å². The zero-order chi connectivity index (χ0) is 13.8. The van der Waals surface area contributed by atoms with Gasteiger partial charge in [0, 0.05) is 30.7 Å². The Morgan fingerprint density at radius 3 is 2.75 bits per heavy atom. The van der Waals surface area contributed by atoms with Crippen LogP contribution in [0.3, 0.4) is 0 Å². The summed E-state index contributed by atoms with van der Waals surface area (Å²) in [6.45, 7) is 4.62. The minimum Gasteiger partial charge on any atom is -0.362 e. The van der Waals surface area contributed by atoms with Gasteiger partial charge in [0.1, 0.15) is 0 Å². The molecule has 1 aliphatic heterocycles. The SMILES string of the molecule is S=C(NCCCN1CC1)Nc1cccc2ccccc12. The average molecular weight is 285 g/mol. The van der Waals surface area contributed by atoms with Gasteiger partial charge < -0.3 is 15.5 Å². The summed E-state index contributed by atoms with van der Waals surface area (Å²) in [4.78, 5) is 2.42. The van der Waals surface area contributed by atoms with Crippen LogP contribution < -0.4 is 10.6 Å². The number of nitrogens with one attached hydrogen (secondary N) is 2. The molecule has 0 aliphatic carbocycles. The van der Waals surface area contributed by atoms with Crippen molar-refractivity contribution in [3.63, 3.8) is 0 Å². The van der Waals surface area contributed by atoms with Crippen molar-refractivity contribution in [2.45, 2.75) is 6.42 Å². The number of benzene rings is 2. The van der Waals surface area contributed by atoms with Gasteiger partial charge in [0.2, 0.25) is 0 Å². The minimum atomic E-state index is 0.701. The van der Waals surface area contributed by atoms with E-state index >= 15 is 0 Å². The average Bonchev–Trinajstić information content (AvgIpc) is 3.28. The lowest BCUT2D eigenvalue weighted by atomic mass is 10.1. The molecule has 20 heavy (non-hydrogen) atoms. The molecule has 2 aromatic rings. The summed E-state index contributed by atoms with van der Waals surface area (Å²) in [5.41, 5.74) is 1.06.